The molecule has 0 radical (unpaired) electrons. The van der Waals surface area contributed by atoms with E-state index in [2.05, 4.69) is 20.6 Å². The highest BCUT2D eigenvalue weighted by Crippen LogP contribution is 2.32. The number of piperidine rings is 1. The van der Waals surface area contributed by atoms with E-state index >= 15 is 0 Å². The summed E-state index contributed by atoms with van der Waals surface area (Å²) in [4.78, 5) is 32.9. The molecule has 2 N–H and O–H groups in total. The fourth-order valence-electron chi connectivity index (χ4n) is 2.99. The van der Waals surface area contributed by atoms with Crippen LogP contribution in [0.4, 0.5) is 0 Å². The number of hydrogen-bond acceptors (Lipinski definition) is 5. The second-order valence-electron chi connectivity index (χ2n) is 5.92. The summed E-state index contributed by atoms with van der Waals surface area (Å²) in [7, 11) is 1.53. The molecular weight excluding hydrogens is 320 g/mol. The van der Waals surface area contributed by atoms with Crippen LogP contribution in [0.1, 0.15) is 24.2 Å². The van der Waals surface area contributed by atoms with Gasteiger partial charge in [-0.3, -0.25) is 9.59 Å². The third kappa shape index (κ3) is 3.60. The lowest BCUT2D eigenvalue weighted by Gasteiger charge is -2.36. The van der Waals surface area contributed by atoms with Crippen molar-refractivity contribution in [3.63, 3.8) is 0 Å². The van der Waals surface area contributed by atoms with Gasteiger partial charge in [-0.2, -0.15) is 4.98 Å². The van der Waals surface area contributed by atoms with E-state index in [-0.39, 0.29) is 24.9 Å². The van der Waals surface area contributed by atoms with E-state index in [1.54, 1.807) is 12.3 Å². The third-order valence-electron chi connectivity index (χ3n) is 4.42. The molecule has 1 atom stereocenters. The number of amides is 2. The quantitative estimate of drug-likeness (QED) is 0.845. The number of methoxy groups -OCH3 is 1. The van der Waals surface area contributed by atoms with Crippen LogP contribution in [0.15, 0.2) is 42.6 Å². The molecule has 1 unspecified atom stereocenters. The standard InChI is InChI=1S/C18H20N4O3/c1-25-16-8-10-19-14(22-16)11-20-17(24)18(9-7-15(23)21-12-18)13-5-3-2-4-6-13/h2-6,8,10H,7,9,11-12H2,1H3,(H,20,24)(H,21,23). The number of nitrogens with zero attached hydrogens (tertiary/aromatic N) is 2. The Hall–Kier alpha value is -2.96. The average molecular weight is 340 g/mol. The van der Waals surface area contributed by atoms with Gasteiger partial charge in [0.25, 0.3) is 0 Å². The minimum absolute atomic E-state index is 0.0320. The van der Waals surface area contributed by atoms with Gasteiger partial charge in [-0.25, -0.2) is 4.98 Å². The Morgan fingerprint density at radius 1 is 1.32 bits per heavy atom. The maximum atomic E-state index is 13.0. The number of benzene rings is 1. The lowest BCUT2D eigenvalue weighted by molar-refractivity contribution is -0.131. The second kappa shape index (κ2) is 7.29. The van der Waals surface area contributed by atoms with Crippen LogP contribution >= 0.6 is 0 Å². The van der Waals surface area contributed by atoms with Crippen LogP contribution in [0.3, 0.4) is 0 Å². The van der Waals surface area contributed by atoms with Gasteiger partial charge < -0.3 is 15.4 Å². The number of ether oxygens (including phenoxy) is 1. The zero-order valence-electron chi connectivity index (χ0n) is 14.0. The van der Waals surface area contributed by atoms with E-state index in [0.29, 0.717) is 24.5 Å². The minimum atomic E-state index is -0.784. The summed E-state index contributed by atoms with van der Waals surface area (Å²) in [6, 6.07) is 11.2. The molecule has 2 aromatic rings. The first-order valence-electron chi connectivity index (χ1n) is 8.10. The maximum Gasteiger partial charge on any atom is 0.232 e. The molecule has 25 heavy (non-hydrogen) atoms. The molecule has 1 saturated heterocycles. The topological polar surface area (TPSA) is 93.2 Å². The summed E-state index contributed by atoms with van der Waals surface area (Å²) in [5.41, 5.74) is 0.104. The van der Waals surface area contributed by atoms with Crippen molar-refractivity contribution in [2.75, 3.05) is 13.7 Å². The van der Waals surface area contributed by atoms with Crippen molar-refractivity contribution in [1.82, 2.24) is 20.6 Å². The number of carbonyl (C=O) groups is 2. The van der Waals surface area contributed by atoms with E-state index in [0.717, 1.165) is 5.56 Å². The van der Waals surface area contributed by atoms with Gasteiger partial charge >= 0.3 is 0 Å². The fourth-order valence-corrected chi connectivity index (χ4v) is 2.99. The van der Waals surface area contributed by atoms with Crippen molar-refractivity contribution in [3.05, 3.63) is 54.0 Å². The molecular formula is C18H20N4O3. The molecule has 7 nitrogen and oxygen atoms in total. The van der Waals surface area contributed by atoms with Gasteiger partial charge in [0.2, 0.25) is 17.7 Å². The van der Waals surface area contributed by atoms with Crippen LogP contribution in [0.25, 0.3) is 0 Å². The largest absolute Gasteiger partial charge is 0.481 e. The van der Waals surface area contributed by atoms with Crippen molar-refractivity contribution in [3.8, 4) is 5.88 Å². The summed E-state index contributed by atoms with van der Waals surface area (Å²) in [6.45, 7) is 0.471. The van der Waals surface area contributed by atoms with Crippen LogP contribution in [-0.2, 0) is 21.5 Å². The highest BCUT2D eigenvalue weighted by atomic mass is 16.5. The summed E-state index contributed by atoms with van der Waals surface area (Å²) in [5, 5.41) is 5.72. The predicted molar refractivity (Wildman–Crippen MR) is 90.8 cm³/mol. The Morgan fingerprint density at radius 3 is 2.80 bits per heavy atom. The first-order chi connectivity index (χ1) is 12.1. The first kappa shape index (κ1) is 16.9. The summed E-state index contributed by atoms with van der Waals surface area (Å²) >= 11 is 0. The molecule has 1 aromatic heterocycles. The third-order valence-corrected chi connectivity index (χ3v) is 4.42. The van der Waals surface area contributed by atoms with Crippen molar-refractivity contribution in [2.24, 2.45) is 0 Å². The number of nitrogens with one attached hydrogen (secondary N) is 2. The normalized spacial score (nSPS) is 19.8. The SMILES string of the molecule is COc1ccnc(CNC(=O)C2(c3ccccc3)CCC(=O)NC2)n1. The Kier molecular flexibility index (Phi) is 4.92. The molecule has 7 heteroatoms. The van der Waals surface area contributed by atoms with Gasteiger partial charge in [0, 0.05) is 25.2 Å². The zero-order chi connectivity index (χ0) is 17.7. The van der Waals surface area contributed by atoms with E-state index in [9.17, 15) is 9.59 Å². The molecule has 2 heterocycles. The molecule has 0 saturated carbocycles. The Morgan fingerprint density at radius 2 is 2.12 bits per heavy atom. The van der Waals surface area contributed by atoms with Crippen LogP contribution in [0.5, 0.6) is 5.88 Å². The molecule has 1 aromatic carbocycles. The van der Waals surface area contributed by atoms with E-state index in [1.807, 2.05) is 30.3 Å². The fraction of sp³-hybridized carbons (Fsp3) is 0.333. The summed E-state index contributed by atoms with van der Waals surface area (Å²) in [6.07, 6.45) is 2.37. The van der Waals surface area contributed by atoms with E-state index in [1.165, 1.54) is 7.11 Å². The van der Waals surface area contributed by atoms with Gasteiger partial charge in [-0.05, 0) is 12.0 Å². The minimum Gasteiger partial charge on any atom is -0.481 e. The number of aromatic nitrogens is 2. The monoisotopic (exact) mass is 340 g/mol. The van der Waals surface area contributed by atoms with Gasteiger partial charge in [0.15, 0.2) is 5.82 Å². The van der Waals surface area contributed by atoms with E-state index in [4.69, 9.17) is 4.74 Å². The second-order valence-corrected chi connectivity index (χ2v) is 5.92. The molecule has 0 bridgehead atoms. The number of hydrogen-bond donors (Lipinski definition) is 2. The average Bonchev–Trinajstić information content (AvgIpc) is 2.68. The molecule has 1 aliphatic heterocycles. The zero-order valence-corrected chi connectivity index (χ0v) is 14.0. The van der Waals surface area contributed by atoms with Gasteiger partial charge in [0.1, 0.15) is 0 Å². The number of carbonyl (C=O) groups excluding carboxylic acids is 2. The molecule has 0 aliphatic carbocycles. The van der Waals surface area contributed by atoms with Crippen LogP contribution in [0, 0.1) is 0 Å². The Balaban J connectivity index is 1.79. The van der Waals surface area contributed by atoms with Crippen molar-refractivity contribution >= 4 is 11.8 Å². The lowest BCUT2D eigenvalue weighted by Crippen LogP contribution is -2.55. The highest BCUT2D eigenvalue weighted by Gasteiger charge is 2.43. The summed E-state index contributed by atoms with van der Waals surface area (Å²) < 4.78 is 5.07. The van der Waals surface area contributed by atoms with Crippen molar-refractivity contribution in [2.45, 2.75) is 24.8 Å². The highest BCUT2D eigenvalue weighted by molar-refractivity contribution is 5.91. The smallest absolute Gasteiger partial charge is 0.232 e. The molecule has 130 valence electrons. The Bertz CT molecular complexity index is 754. The first-order valence-corrected chi connectivity index (χ1v) is 8.10. The maximum absolute atomic E-state index is 13.0. The summed E-state index contributed by atoms with van der Waals surface area (Å²) in [5.74, 6) is 0.735. The molecule has 1 fully saturated rings. The Labute approximate surface area is 145 Å². The van der Waals surface area contributed by atoms with Crippen LogP contribution in [0.2, 0.25) is 0 Å². The lowest BCUT2D eigenvalue weighted by atomic mass is 9.73. The van der Waals surface area contributed by atoms with Gasteiger partial charge in [0.05, 0.1) is 19.1 Å². The molecule has 1 aliphatic rings. The van der Waals surface area contributed by atoms with E-state index < -0.39 is 5.41 Å². The van der Waals surface area contributed by atoms with Gasteiger partial charge in [-0.15, -0.1) is 0 Å². The van der Waals surface area contributed by atoms with Crippen LogP contribution < -0.4 is 15.4 Å². The van der Waals surface area contributed by atoms with Crippen molar-refractivity contribution in [1.29, 1.82) is 0 Å². The molecule has 0 spiro atoms. The predicted octanol–water partition coefficient (Wildman–Crippen LogP) is 0.949. The van der Waals surface area contributed by atoms with Crippen molar-refractivity contribution < 1.29 is 14.3 Å². The number of rotatable bonds is 5. The van der Waals surface area contributed by atoms with Crippen LogP contribution in [-0.4, -0.2) is 35.4 Å². The molecule has 3 rings (SSSR count). The van der Waals surface area contributed by atoms with Gasteiger partial charge in [-0.1, -0.05) is 30.3 Å². The molecule has 2 amide bonds.